The van der Waals surface area contributed by atoms with Crippen LogP contribution >= 0.6 is 0 Å². The molecule has 0 aromatic carbocycles. The zero-order valence-electron chi connectivity index (χ0n) is 13.5. The molecule has 2 fully saturated rings. The molecule has 24 heavy (non-hydrogen) atoms. The van der Waals surface area contributed by atoms with E-state index in [4.69, 9.17) is 4.74 Å². The average Bonchev–Trinajstić information content (AvgIpc) is 3.40. The van der Waals surface area contributed by atoms with Gasteiger partial charge in [0, 0.05) is 48.9 Å². The fraction of sp³-hybridized carbons (Fsp3) is 0.421. The molecular formula is C19H21N3O2. The molecule has 3 heterocycles. The first-order valence-electron chi connectivity index (χ1n) is 8.54. The fourth-order valence-electron chi connectivity index (χ4n) is 3.37. The Morgan fingerprint density at radius 3 is 2.79 bits per heavy atom. The lowest BCUT2D eigenvalue weighted by molar-refractivity contribution is -0.131. The number of pyridine rings is 2. The minimum absolute atomic E-state index is 0.227. The maximum absolute atomic E-state index is 12.5. The molecule has 2 aromatic rings. The molecule has 124 valence electrons. The highest BCUT2D eigenvalue weighted by molar-refractivity contribution is 5.81. The van der Waals surface area contributed by atoms with E-state index in [1.807, 2.05) is 41.4 Å². The minimum Gasteiger partial charge on any atom is -0.492 e. The summed E-state index contributed by atoms with van der Waals surface area (Å²) >= 11 is 0. The van der Waals surface area contributed by atoms with E-state index >= 15 is 0 Å². The lowest BCUT2D eigenvalue weighted by Gasteiger charge is -2.18. The maximum Gasteiger partial charge on any atom is 0.225 e. The summed E-state index contributed by atoms with van der Waals surface area (Å²) < 4.78 is 5.92. The van der Waals surface area contributed by atoms with E-state index in [-0.39, 0.29) is 17.8 Å². The van der Waals surface area contributed by atoms with Gasteiger partial charge >= 0.3 is 0 Å². The van der Waals surface area contributed by atoms with Gasteiger partial charge in [-0.05, 0) is 37.1 Å². The van der Waals surface area contributed by atoms with E-state index < -0.39 is 0 Å². The van der Waals surface area contributed by atoms with Crippen LogP contribution in [0.1, 0.15) is 24.5 Å². The van der Waals surface area contributed by atoms with Crippen molar-refractivity contribution >= 4 is 5.91 Å². The van der Waals surface area contributed by atoms with Gasteiger partial charge < -0.3 is 9.64 Å². The van der Waals surface area contributed by atoms with Crippen molar-refractivity contribution < 1.29 is 9.53 Å². The van der Waals surface area contributed by atoms with Crippen molar-refractivity contribution in [3.63, 3.8) is 0 Å². The third kappa shape index (κ3) is 3.25. The largest absolute Gasteiger partial charge is 0.492 e. The third-order valence-electron chi connectivity index (χ3n) is 4.85. The molecular weight excluding hydrogens is 302 g/mol. The van der Waals surface area contributed by atoms with Crippen LogP contribution in [0.15, 0.2) is 48.9 Å². The van der Waals surface area contributed by atoms with E-state index in [0.717, 1.165) is 37.4 Å². The first-order chi connectivity index (χ1) is 11.8. The molecule has 1 aliphatic carbocycles. The number of amides is 1. The van der Waals surface area contributed by atoms with Crippen LogP contribution in [0.5, 0.6) is 5.75 Å². The second-order valence-electron chi connectivity index (χ2n) is 6.64. The lowest BCUT2D eigenvalue weighted by Crippen LogP contribution is -2.30. The van der Waals surface area contributed by atoms with Gasteiger partial charge in [0.25, 0.3) is 0 Å². The van der Waals surface area contributed by atoms with Crippen LogP contribution in [0.3, 0.4) is 0 Å². The van der Waals surface area contributed by atoms with Crippen molar-refractivity contribution in [1.29, 1.82) is 0 Å². The standard InChI is InChI=1S/C19H21N3O2/c23-19(14-6-7-14)22-11-15(13-24-16-4-3-8-20-10-16)17(12-22)18-5-1-2-9-21-18/h1-5,8-10,14-15,17H,6-7,11-13H2/t15-,17+/m0/s1. The van der Waals surface area contributed by atoms with Crippen molar-refractivity contribution in [2.24, 2.45) is 11.8 Å². The molecule has 0 radical (unpaired) electrons. The Morgan fingerprint density at radius 2 is 2.08 bits per heavy atom. The first-order valence-corrected chi connectivity index (χ1v) is 8.54. The molecule has 0 unspecified atom stereocenters. The molecule has 2 aliphatic rings. The Balaban J connectivity index is 1.48. The fourth-order valence-corrected chi connectivity index (χ4v) is 3.37. The Bertz CT molecular complexity index is 688. The molecule has 1 saturated carbocycles. The van der Waals surface area contributed by atoms with Crippen molar-refractivity contribution in [3.8, 4) is 5.75 Å². The van der Waals surface area contributed by atoms with Crippen molar-refractivity contribution in [2.45, 2.75) is 18.8 Å². The molecule has 5 heteroatoms. The van der Waals surface area contributed by atoms with Crippen LogP contribution in [0.25, 0.3) is 0 Å². The number of rotatable bonds is 5. The molecule has 1 aliphatic heterocycles. The zero-order valence-corrected chi connectivity index (χ0v) is 13.5. The van der Waals surface area contributed by atoms with Gasteiger partial charge in [0.05, 0.1) is 12.8 Å². The molecule has 1 amide bonds. The van der Waals surface area contributed by atoms with Crippen molar-refractivity contribution in [2.75, 3.05) is 19.7 Å². The molecule has 0 N–H and O–H groups in total. The number of carbonyl (C=O) groups excluding carboxylic acids is 1. The topological polar surface area (TPSA) is 55.3 Å². The van der Waals surface area contributed by atoms with Gasteiger partial charge in [0.15, 0.2) is 0 Å². The number of hydrogen-bond donors (Lipinski definition) is 0. The molecule has 5 nitrogen and oxygen atoms in total. The van der Waals surface area contributed by atoms with Crippen LogP contribution < -0.4 is 4.74 Å². The van der Waals surface area contributed by atoms with Crippen LogP contribution in [-0.4, -0.2) is 40.5 Å². The molecule has 4 rings (SSSR count). The summed E-state index contributed by atoms with van der Waals surface area (Å²) in [7, 11) is 0. The van der Waals surface area contributed by atoms with Gasteiger partial charge in [-0.3, -0.25) is 14.8 Å². The van der Waals surface area contributed by atoms with Gasteiger partial charge in [-0.1, -0.05) is 6.07 Å². The van der Waals surface area contributed by atoms with Gasteiger partial charge in [0.2, 0.25) is 5.91 Å². The molecule has 0 bridgehead atoms. The lowest BCUT2D eigenvalue weighted by atomic mass is 9.93. The summed E-state index contributed by atoms with van der Waals surface area (Å²) in [5, 5.41) is 0. The number of aromatic nitrogens is 2. The van der Waals surface area contributed by atoms with E-state index in [2.05, 4.69) is 9.97 Å². The summed E-state index contributed by atoms with van der Waals surface area (Å²) in [5.41, 5.74) is 1.04. The normalized spacial score (nSPS) is 23.2. The van der Waals surface area contributed by atoms with Crippen LogP contribution in [0, 0.1) is 11.8 Å². The predicted molar refractivity (Wildman–Crippen MR) is 89.5 cm³/mol. The SMILES string of the molecule is O=C(C1CC1)N1C[C@@H](COc2cccnc2)[C@H](c2ccccn2)C1. The van der Waals surface area contributed by atoms with E-state index in [0.29, 0.717) is 12.5 Å². The van der Waals surface area contributed by atoms with Gasteiger partial charge in [-0.25, -0.2) is 0 Å². The van der Waals surface area contributed by atoms with Crippen LogP contribution in [-0.2, 0) is 4.79 Å². The molecule has 2 atom stereocenters. The highest BCUT2D eigenvalue weighted by Gasteiger charge is 2.41. The van der Waals surface area contributed by atoms with Crippen molar-refractivity contribution in [1.82, 2.24) is 14.9 Å². The predicted octanol–water partition coefficient (Wildman–Crippen LogP) is 2.51. The van der Waals surface area contributed by atoms with E-state index in [1.165, 1.54) is 0 Å². The Labute approximate surface area is 141 Å². The summed E-state index contributed by atoms with van der Waals surface area (Å²) in [5.74, 6) is 1.81. The summed E-state index contributed by atoms with van der Waals surface area (Å²) in [4.78, 5) is 23.1. The minimum atomic E-state index is 0.227. The number of hydrogen-bond acceptors (Lipinski definition) is 4. The Morgan fingerprint density at radius 1 is 1.17 bits per heavy atom. The second kappa shape index (κ2) is 6.59. The molecule has 1 saturated heterocycles. The van der Waals surface area contributed by atoms with Gasteiger partial charge in [-0.15, -0.1) is 0 Å². The quantitative estimate of drug-likeness (QED) is 0.848. The maximum atomic E-state index is 12.5. The molecule has 0 spiro atoms. The monoisotopic (exact) mass is 323 g/mol. The van der Waals surface area contributed by atoms with Crippen LogP contribution in [0.2, 0.25) is 0 Å². The Kier molecular flexibility index (Phi) is 4.15. The zero-order chi connectivity index (χ0) is 16.4. The highest BCUT2D eigenvalue weighted by Crippen LogP contribution is 2.37. The number of nitrogens with zero attached hydrogens (tertiary/aromatic N) is 3. The average molecular weight is 323 g/mol. The third-order valence-corrected chi connectivity index (χ3v) is 4.85. The Hall–Kier alpha value is -2.43. The smallest absolute Gasteiger partial charge is 0.225 e. The first kappa shape index (κ1) is 15.1. The van der Waals surface area contributed by atoms with Gasteiger partial charge in [0.1, 0.15) is 5.75 Å². The summed E-state index contributed by atoms with van der Waals surface area (Å²) in [6, 6.07) is 9.75. The van der Waals surface area contributed by atoms with Crippen LogP contribution in [0.4, 0.5) is 0 Å². The summed E-state index contributed by atoms with van der Waals surface area (Å²) in [6.07, 6.45) is 7.35. The number of carbonyl (C=O) groups is 1. The van der Waals surface area contributed by atoms with E-state index in [9.17, 15) is 4.79 Å². The van der Waals surface area contributed by atoms with E-state index in [1.54, 1.807) is 12.4 Å². The highest BCUT2D eigenvalue weighted by atomic mass is 16.5. The second-order valence-corrected chi connectivity index (χ2v) is 6.64. The van der Waals surface area contributed by atoms with Crippen molar-refractivity contribution in [3.05, 3.63) is 54.6 Å². The number of ether oxygens (including phenoxy) is 1. The molecule has 2 aromatic heterocycles. The number of likely N-dealkylation sites (tertiary alicyclic amines) is 1. The van der Waals surface area contributed by atoms with Gasteiger partial charge in [-0.2, -0.15) is 0 Å². The summed E-state index contributed by atoms with van der Waals surface area (Å²) in [6.45, 7) is 2.06.